The molecule has 13 nitrogen and oxygen atoms in total. The second-order valence-electron chi connectivity index (χ2n) is 7.76. The van der Waals surface area contributed by atoms with Gasteiger partial charge >= 0.3 is 6.09 Å². The zero-order valence-electron chi connectivity index (χ0n) is 18.5. The lowest BCUT2D eigenvalue weighted by atomic mass is 10.0. The van der Waals surface area contributed by atoms with Gasteiger partial charge in [-0.25, -0.2) is 9.78 Å². The van der Waals surface area contributed by atoms with Crippen molar-refractivity contribution in [1.82, 2.24) is 24.9 Å². The van der Waals surface area contributed by atoms with Crippen LogP contribution >= 0.6 is 11.6 Å². The van der Waals surface area contributed by atoms with Crippen LogP contribution in [0.2, 0.25) is 5.02 Å². The summed E-state index contributed by atoms with van der Waals surface area (Å²) >= 11 is 6.70. The Kier molecular flexibility index (Phi) is 6.73. The molecule has 0 spiro atoms. The third kappa shape index (κ3) is 4.82. The topological polar surface area (TPSA) is 188 Å². The van der Waals surface area contributed by atoms with Crippen LogP contribution in [0.5, 0.6) is 0 Å². The number of imidazole rings is 1. The summed E-state index contributed by atoms with van der Waals surface area (Å²) in [7, 11) is 0. The van der Waals surface area contributed by atoms with Crippen molar-refractivity contribution in [3.63, 3.8) is 0 Å². The Morgan fingerprint density at radius 1 is 1.34 bits per heavy atom. The number of hydrogen-bond acceptors (Lipinski definition) is 10. The van der Waals surface area contributed by atoms with Gasteiger partial charge in [-0.15, -0.1) is 5.10 Å². The highest BCUT2D eigenvalue weighted by atomic mass is 35.5. The summed E-state index contributed by atoms with van der Waals surface area (Å²) in [5.74, 6) is 0.533. The summed E-state index contributed by atoms with van der Waals surface area (Å²) in [6.45, 7) is 2.98. The number of halogens is 1. The number of nitrogens with one attached hydrogen (secondary N) is 3. The van der Waals surface area contributed by atoms with E-state index in [-0.39, 0.29) is 23.2 Å². The third-order valence-corrected chi connectivity index (χ3v) is 5.88. The standard InChI is InChI=1S/C21H21ClN10O3/c1-2-25-18-19-26-9-12(8-24)32(19)30-20(29-18)27-14-5-11(7-23)6-15(17(14)22)31-4-3-13(16(33)10-31)28-21(34)35/h5-6,9,13,16,28,33H,2-4,10H2,1H3,(H,34,35)(H2,25,27,29,30)/t13-,16-/m0/s1. The molecule has 5 N–H and O–H groups in total. The fourth-order valence-corrected chi connectivity index (χ4v) is 4.17. The number of benzene rings is 1. The minimum absolute atomic E-state index is 0.118. The number of aliphatic hydroxyl groups is 1. The number of nitriles is 2. The molecule has 4 rings (SSSR count). The average molecular weight is 497 g/mol. The van der Waals surface area contributed by atoms with E-state index in [1.54, 1.807) is 17.0 Å². The van der Waals surface area contributed by atoms with Crippen molar-refractivity contribution in [2.75, 3.05) is 35.2 Å². The van der Waals surface area contributed by atoms with Crippen LogP contribution < -0.4 is 20.9 Å². The van der Waals surface area contributed by atoms with E-state index in [2.05, 4.69) is 37.1 Å². The van der Waals surface area contributed by atoms with Gasteiger partial charge in [0.25, 0.3) is 0 Å². The van der Waals surface area contributed by atoms with Crippen molar-refractivity contribution < 1.29 is 15.0 Å². The number of anilines is 4. The van der Waals surface area contributed by atoms with Crippen molar-refractivity contribution >= 4 is 46.5 Å². The maximum Gasteiger partial charge on any atom is 0.404 e. The third-order valence-electron chi connectivity index (χ3n) is 5.48. The molecular formula is C21H21ClN10O3. The van der Waals surface area contributed by atoms with Crippen molar-refractivity contribution in [2.45, 2.75) is 25.5 Å². The molecular weight excluding hydrogens is 476 g/mol. The van der Waals surface area contributed by atoms with Crippen LogP contribution in [-0.2, 0) is 0 Å². The number of hydrogen-bond donors (Lipinski definition) is 5. The molecule has 1 aliphatic rings. The van der Waals surface area contributed by atoms with E-state index in [4.69, 9.17) is 16.7 Å². The van der Waals surface area contributed by atoms with E-state index >= 15 is 0 Å². The van der Waals surface area contributed by atoms with Gasteiger partial charge in [-0.3, -0.25) is 0 Å². The van der Waals surface area contributed by atoms with Gasteiger partial charge in [0.1, 0.15) is 6.07 Å². The Morgan fingerprint density at radius 3 is 2.80 bits per heavy atom. The summed E-state index contributed by atoms with van der Waals surface area (Å²) in [6, 6.07) is 6.66. The molecule has 1 amide bonds. The van der Waals surface area contributed by atoms with Crippen molar-refractivity contribution in [2.24, 2.45) is 0 Å². The Morgan fingerprint density at radius 2 is 2.14 bits per heavy atom. The van der Waals surface area contributed by atoms with Gasteiger partial charge in [-0.2, -0.15) is 20.0 Å². The van der Waals surface area contributed by atoms with Crippen molar-refractivity contribution in [1.29, 1.82) is 10.5 Å². The molecule has 3 heterocycles. The van der Waals surface area contributed by atoms with Crippen LogP contribution in [0.25, 0.3) is 5.65 Å². The number of carboxylic acid groups (broad SMARTS) is 1. The molecule has 1 aliphatic heterocycles. The maximum atomic E-state index is 10.9. The molecule has 3 aromatic rings. The Bertz CT molecular complexity index is 1360. The molecule has 0 saturated carbocycles. The van der Waals surface area contributed by atoms with Gasteiger partial charge in [0.15, 0.2) is 17.2 Å². The minimum atomic E-state index is -1.20. The summed E-state index contributed by atoms with van der Waals surface area (Å²) < 4.78 is 1.35. The molecule has 1 saturated heterocycles. The van der Waals surface area contributed by atoms with Gasteiger partial charge in [-0.05, 0) is 25.5 Å². The Labute approximate surface area is 204 Å². The quantitative estimate of drug-likeness (QED) is 0.335. The number of fused-ring (bicyclic) bond motifs is 1. The summed E-state index contributed by atoms with van der Waals surface area (Å²) in [6.07, 6.45) is -0.418. The van der Waals surface area contributed by atoms with Gasteiger partial charge in [0.05, 0.1) is 46.4 Å². The number of aromatic nitrogens is 4. The summed E-state index contributed by atoms with van der Waals surface area (Å²) in [4.78, 5) is 21.4. The highest BCUT2D eigenvalue weighted by Crippen LogP contribution is 2.37. The van der Waals surface area contributed by atoms with Gasteiger partial charge < -0.3 is 31.1 Å². The SMILES string of the molecule is CCNc1nc(Nc2cc(C#N)cc(N3CC[C@H](NC(=O)O)[C@@H](O)C3)c2Cl)nn2c(C#N)cnc12. The predicted molar refractivity (Wildman–Crippen MR) is 127 cm³/mol. The first-order valence-corrected chi connectivity index (χ1v) is 11.0. The molecule has 14 heteroatoms. The zero-order valence-corrected chi connectivity index (χ0v) is 19.3. The number of amides is 1. The van der Waals surface area contributed by atoms with Crippen LogP contribution in [0, 0.1) is 22.7 Å². The normalized spacial score (nSPS) is 17.5. The van der Waals surface area contributed by atoms with Gasteiger partial charge in [0, 0.05) is 19.6 Å². The molecule has 2 aromatic heterocycles. The largest absolute Gasteiger partial charge is 0.465 e. The first-order valence-electron chi connectivity index (χ1n) is 10.7. The van der Waals surface area contributed by atoms with Crippen molar-refractivity contribution in [3.8, 4) is 12.1 Å². The van der Waals surface area contributed by atoms with Crippen LogP contribution in [0.1, 0.15) is 24.6 Å². The van der Waals surface area contributed by atoms with Gasteiger partial charge in [-0.1, -0.05) is 11.6 Å². The minimum Gasteiger partial charge on any atom is -0.465 e. The molecule has 180 valence electrons. The Hall–Kier alpha value is -4.33. The average Bonchev–Trinajstić information content (AvgIpc) is 3.25. The molecule has 2 atom stereocenters. The molecule has 0 bridgehead atoms. The van der Waals surface area contributed by atoms with E-state index in [0.717, 1.165) is 0 Å². The number of carbonyl (C=O) groups is 1. The van der Waals surface area contributed by atoms with Crippen LogP contribution in [0.15, 0.2) is 18.3 Å². The molecule has 1 fully saturated rings. The van der Waals surface area contributed by atoms with Crippen LogP contribution in [0.3, 0.4) is 0 Å². The smallest absolute Gasteiger partial charge is 0.404 e. The number of aliphatic hydroxyl groups excluding tert-OH is 1. The predicted octanol–water partition coefficient (Wildman–Crippen LogP) is 1.90. The first-order chi connectivity index (χ1) is 16.8. The second kappa shape index (κ2) is 9.89. The van der Waals surface area contributed by atoms with E-state index in [9.17, 15) is 20.4 Å². The van der Waals surface area contributed by atoms with E-state index in [0.29, 0.717) is 47.9 Å². The summed E-state index contributed by atoms with van der Waals surface area (Å²) in [5, 5.41) is 51.4. The van der Waals surface area contributed by atoms with Crippen molar-refractivity contribution in [3.05, 3.63) is 34.6 Å². The van der Waals surface area contributed by atoms with E-state index in [1.165, 1.54) is 10.7 Å². The monoisotopic (exact) mass is 496 g/mol. The summed E-state index contributed by atoms with van der Waals surface area (Å²) in [5.41, 5.74) is 1.75. The lowest BCUT2D eigenvalue weighted by molar-refractivity contribution is 0.108. The van der Waals surface area contributed by atoms with E-state index in [1.807, 2.05) is 13.0 Å². The maximum absolute atomic E-state index is 10.9. The second-order valence-corrected chi connectivity index (χ2v) is 8.13. The molecule has 35 heavy (non-hydrogen) atoms. The lowest BCUT2D eigenvalue weighted by Gasteiger charge is -2.37. The molecule has 0 unspecified atom stereocenters. The fraction of sp³-hybridized carbons (Fsp3) is 0.333. The van der Waals surface area contributed by atoms with Gasteiger partial charge in [0.2, 0.25) is 5.95 Å². The van der Waals surface area contributed by atoms with Crippen LogP contribution in [-0.4, -0.2) is 67.7 Å². The number of nitrogens with zero attached hydrogens (tertiary/aromatic N) is 7. The van der Waals surface area contributed by atoms with E-state index < -0.39 is 18.2 Å². The zero-order chi connectivity index (χ0) is 25.1. The van der Waals surface area contributed by atoms with Crippen LogP contribution in [0.4, 0.5) is 27.9 Å². The number of rotatable bonds is 6. The molecule has 0 aliphatic carbocycles. The molecule has 0 radical (unpaired) electrons. The highest BCUT2D eigenvalue weighted by Gasteiger charge is 2.30. The Balaban J connectivity index is 1.69. The fourth-order valence-electron chi connectivity index (χ4n) is 3.89. The number of piperidine rings is 1. The lowest BCUT2D eigenvalue weighted by Crippen LogP contribution is -2.54. The number of β-amino-alcohol motifs (C(OH)–C–C–N with tert-alkyl or cyclic N) is 1. The molecule has 1 aromatic carbocycles. The first kappa shape index (κ1) is 23.8. The highest BCUT2D eigenvalue weighted by molar-refractivity contribution is 6.36.